The third kappa shape index (κ3) is 3.35. The van der Waals surface area contributed by atoms with Gasteiger partial charge in [0.2, 0.25) is 0 Å². The number of aromatic nitrogens is 1. The summed E-state index contributed by atoms with van der Waals surface area (Å²) in [6, 6.07) is 2.83. The molecule has 0 radical (unpaired) electrons. The van der Waals surface area contributed by atoms with Crippen LogP contribution in [0, 0.1) is 6.92 Å². The second-order valence-corrected chi connectivity index (χ2v) is 7.35. The van der Waals surface area contributed by atoms with Crippen molar-refractivity contribution in [2.75, 3.05) is 18.1 Å². The molecular formula is C16H20F2N2O2S. The standard InChI is InChI=1S/C16H20F2N2O2S/c1-11-3-2-6-19-13(11)16(17,18)14(21)20-12-4-7-22-15(9-12)5-8-23-10-15/h2-3,6,12H,4-5,7-10H2,1H3,(H,20,21)/t12-,15-/m1/s1. The number of nitrogens with zero attached hydrogens (tertiary/aromatic N) is 1. The zero-order valence-corrected chi connectivity index (χ0v) is 13.8. The lowest BCUT2D eigenvalue weighted by Crippen LogP contribution is -2.51. The van der Waals surface area contributed by atoms with Gasteiger partial charge in [0.15, 0.2) is 0 Å². The molecule has 7 heteroatoms. The Morgan fingerprint density at radius 2 is 2.39 bits per heavy atom. The fourth-order valence-corrected chi connectivity index (χ4v) is 4.59. The van der Waals surface area contributed by atoms with E-state index in [1.54, 1.807) is 6.07 Å². The maximum atomic E-state index is 14.4. The second-order valence-electron chi connectivity index (χ2n) is 6.24. The van der Waals surface area contributed by atoms with Crippen LogP contribution in [0.15, 0.2) is 18.3 Å². The van der Waals surface area contributed by atoms with Gasteiger partial charge in [-0.25, -0.2) is 0 Å². The van der Waals surface area contributed by atoms with E-state index in [2.05, 4.69) is 10.3 Å². The maximum Gasteiger partial charge on any atom is 0.366 e. The van der Waals surface area contributed by atoms with Crippen molar-refractivity contribution in [1.29, 1.82) is 0 Å². The van der Waals surface area contributed by atoms with Crippen molar-refractivity contribution in [3.63, 3.8) is 0 Å². The Bertz CT molecular complexity index is 591. The van der Waals surface area contributed by atoms with Gasteiger partial charge in [0.05, 0.1) is 5.60 Å². The predicted molar refractivity (Wildman–Crippen MR) is 84.7 cm³/mol. The van der Waals surface area contributed by atoms with Crippen molar-refractivity contribution >= 4 is 17.7 Å². The first-order valence-corrected chi connectivity index (χ1v) is 8.91. The Morgan fingerprint density at radius 1 is 1.57 bits per heavy atom. The molecule has 0 aliphatic carbocycles. The first-order valence-electron chi connectivity index (χ1n) is 7.76. The van der Waals surface area contributed by atoms with Crippen LogP contribution in [0.3, 0.4) is 0 Å². The van der Waals surface area contributed by atoms with Crippen LogP contribution in [0.5, 0.6) is 0 Å². The van der Waals surface area contributed by atoms with E-state index in [0.717, 1.165) is 17.9 Å². The molecule has 0 bridgehead atoms. The normalized spacial score (nSPS) is 28.0. The predicted octanol–water partition coefficient (Wildman–Crippen LogP) is 2.65. The maximum absolute atomic E-state index is 14.4. The third-order valence-electron chi connectivity index (χ3n) is 4.49. The lowest BCUT2D eigenvalue weighted by Gasteiger charge is -2.38. The van der Waals surface area contributed by atoms with Crippen molar-refractivity contribution in [3.05, 3.63) is 29.6 Å². The summed E-state index contributed by atoms with van der Waals surface area (Å²) >= 11 is 1.81. The van der Waals surface area contributed by atoms with Gasteiger partial charge in [-0.3, -0.25) is 9.78 Å². The molecule has 4 nitrogen and oxygen atoms in total. The molecule has 3 heterocycles. The van der Waals surface area contributed by atoms with Crippen LogP contribution >= 0.6 is 11.8 Å². The lowest BCUT2D eigenvalue weighted by atomic mass is 9.89. The molecule has 1 spiro atoms. The summed E-state index contributed by atoms with van der Waals surface area (Å²) in [6.07, 6.45) is 3.36. The van der Waals surface area contributed by atoms with Crippen LogP contribution in [-0.4, -0.2) is 40.6 Å². The average Bonchev–Trinajstić information content (AvgIpc) is 2.95. The smallest absolute Gasteiger partial charge is 0.366 e. The third-order valence-corrected chi connectivity index (χ3v) is 5.71. The number of carbonyl (C=O) groups excluding carboxylic acids is 1. The molecule has 3 rings (SSSR count). The number of amides is 1. The van der Waals surface area contributed by atoms with Gasteiger partial charge in [0.25, 0.3) is 5.91 Å². The summed E-state index contributed by atoms with van der Waals surface area (Å²) in [7, 11) is 0. The minimum Gasteiger partial charge on any atom is -0.374 e. The van der Waals surface area contributed by atoms with E-state index in [1.807, 2.05) is 11.8 Å². The van der Waals surface area contributed by atoms with E-state index < -0.39 is 17.5 Å². The number of nitrogens with one attached hydrogen (secondary N) is 1. The summed E-state index contributed by atoms with van der Waals surface area (Å²) < 4.78 is 34.7. The van der Waals surface area contributed by atoms with Gasteiger partial charge in [-0.05, 0) is 43.6 Å². The molecule has 23 heavy (non-hydrogen) atoms. The minimum atomic E-state index is -3.62. The lowest BCUT2D eigenvalue weighted by molar-refractivity contribution is -0.150. The van der Waals surface area contributed by atoms with E-state index in [9.17, 15) is 13.6 Å². The number of pyridine rings is 1. The number of rotatable bonds is 3. The Balaban J connectivity index is 1.70. The zero-order valence-electron chi connectivity index (χ0n) is 13.0. The summed E-state index contributed by atoms with van der Waals surface area (Å²) in [5.41, 5.74) is -0.421. The van der Waals surface area contributed by atoms with Gasteiger partial charge < -0.3 is 10.1 Å². The van der Waals surface area contributed by atoms with Gasteiger partial charge in [0.1, 0.15) is 5.69 Å². The molecule has 2 atom stereocenters. The Morgan fingerprint density at radius 3 is 3.09 bits per heavy atom. The number of halogens is 2. The average molecular weight is 342 g/mol. The first-order chi connectivity index (χ1) is 10.9. The molecule has 2 saturated heterocycles. The molecule has 1 N–H and O–H groups in total. The van der Waals surface area contributed by atoms with Gasteiger partial charge in [-0.15, -0.1) is 0 Å². The van der Waals surface area contributed by atoms with Crippen molar-refractivity contribution in [3.8, 4) is 0 Å². The number of ether oxygens (including phenoxy) is 1. The molecule has 2 aliphatic rings. The van der Waals surface area contributed by atoms with Gasteiger partial charge in [-0.2, -0.15) is 20.5 Å². The van der Waals surface area contributed by atoms with Gasteiger partial charge in [-0.1, -0.05) is 6.07 Å². The largest absolute Gasteiger partial charge is 0.374 e. The van der Waals surface area contributed by atoms with Crippen molar-refractivity contribution in [2.45, 2.75) is 43.8 Å². The van der Waals surface area contributed by atoms with E-state index >= 15 is 0 Å². The second kappa shape index (κ2) is 6.36. The number of hydrogen-bond donors (Lipinski definition) is 1. The van der Waals surface area contributed by atoms with Crippen molar-refractivity contribution in [1.82, 2.24) is 10.3 Å². The Labute approximate surface area is 138 Å². The van der Waals surface area contributed by atoms with Crippen LogP contribution in [0.4, 0.5) is 8.78 Å². The van der Waals surface area contributed by atoms with E-state index in [1.165, 1.54) is 19.2 Å². The fraction of sp³-hybridized carbons (Fsp3) is 0.625. The van der Waals surface area contributed by atoms with E-state index in [4.69, 9.17) is 4.74 Å². The molecule has 0 saturated carbocycles. The number of carbonyl (C=O) groups is 1. The van der Waals surface area contributed by atoms with E-state index in [0.29, 0.717) is 25.0 Å². The highest BCUT2D eigenvalue weighted by Crippen LogP contribution is 2.38. The summed E-state index contributed by atoms with van der Waals surface area (Å²) in [5.74, 6) is -3.01. The number of hydrogen-bond acceptors (Lipinski definition) is 4. The molecular weight excluding hydrogens is 322 g/mol. The van der Waals surface area contributed by atoms with Gasteiger partial charge in [0, 0.05) is 24.6 Å². The highest BCUT2D eigenvalue weighted by atomic mass is 32.2. The molecule has 0 unspecified atom stereocenters. The zero-order chi connectivity index (χ0) is 16.5. The molecule has 0 aromatic carbocycles. The van der Waals surface area contributed by atoms with Crippen LogP contribution in [-0.2, 0) is 15.5 Å². The molecule has 1 aromatic heterocycles. The van der Waals surface area contributed by atoms with E-state index in [-0.39, 0.29) is 11.6 Å². The van der Waals surface area contributed by atoms with Crippen LogP contribution in [0.1, 0.15) is 30.5 Å². The molecule has 126 valence electrons. The Hall–Kier alpha value is -1.21. The highest BCUT2D eigenvalue weighted by Gasteiger charge is 2.46. The quantitative estimate of drug-likeness (QED) is 0.918. The summed E-state index contributed by atoms with van der Waals surface area (Å²) in [6.45, 7) is 2.03. The van der Waals surface area contributed by atoms with Crippen LogP contribution in [0.25, 0.3) is 0 Å². The summed E-state index contributed by atoms with van der Waals surface area (Å²) in [5, 5.41) is 2.52. The summed E-state index contributed by atoms with van der Waals surface area (Å²) in [4.78, 5) is 15.8. The fourth-order valence-electron chi connectivity index (χ4n) is 3.21. The minimum absolute atomic E-state index is 0.253. The Kier molecular flexibility index (Phi) is 4.60. The highest BCUT2D eigenvalue weighted by molar-refractivity contribution is 7.99. The van der Waals surface area contributed by atoms with Crippen LogP contribution in [0.2, 0.25) is 0 Å². The number of aryl methyl sites for hydroxylation is 1. The van der Waals surface area contributed by atoms with Crippen molar-refractivity contribution < 1.29 is 18.3 Å². The molecule has 1 aromatic rings. The molecule has 1 amide bonds. The number of alkyl halides is 2. The topological polar surface area (TPSA) is 51.2 Å². The monoisotopic (exact) mass is 342 g/mol. The van der Waals surface area contributed by atoms with Crippen LogP contribution < -0.4 is 5.32 Å². The number of thioether (sulfide) groups is 1. The molecule has 2 fully saturated rings. The van der Waals surface area contributed by atoms with Gasteiger partial charge >= 0.3 is 5.92 Å². The first kappa shape index (κ1) is 16.6. The SMILES string of the molecule is Cc1cccnc1C(F)(F)C(=O)N[C@@H]1CCO[C@]2(CCSC2)C1. The van der Waals surface area contributed by atoms with Crippen molar-refractivity contribution in [2.24, 2.45) is 0 Å². The molecule has 2 aliphatic heterocycles.